The highest BCUT2D eigenvalue weighted by Gasteiger charge is 2.47. The average molecular weight is 253 g/mol. The van der Waals surface area contributed by atoms with Crippen LogP contribution < -0.4 is 5.32 Å². The van der Waals surface area contributed by atoms with Crippen LogP contribution in [0.25, 0.3) is 0 Å². The lowest BCUT2D eigenvalue weighted by atomic mass is 9.73. The minimum atomic E-state index is -0.834. The molecule has 5 heteroatoms. The number of carbonyl (C=O) groups is 2. The molecule has 100 valence electrons. The molecule has 0 spiro atoms. The summed E-state index contributed by atoms with van der Waals surface area (Å²) in [7, 11) is 0. The number of hydrogen-bond acceptors (Lipinski definition) is 3. The molecule has 2 aliphatic heterocycles. The summed E-state index contributed by atoms with van der Waals surface area (Å²) in [6, 6.07) is 0. The highest BCUT2D eigenvalue weighted by Crippen LogP contribution is 2.40. The Labute approximate surface area is 106 Å². The number of aliphatic carboxylic acids is 1. The minimum absolute atomic E-state index is 0.00292. The summed E-state index contributed by atoms with van der Waals surface area (Å²) in [6.45, 7) is 0. The van der Waals surface area contributed by atoms with Crippen LogP contribution in [-0.4, -0.2) is 34.7 Å². The highest BCUT2D eigenvalue weighted by molar-refractivity contribution is 5.81. The molecule has 0 radical (unpaired) electrons. The number of nitrogens with one attached hydrogen (secondary N) is 1. The van der Waals surface area contributed by atoms with Gasteiger partial charge in [0.05, 0.1) is 30.1 Å². The Morgan fingerprint density at radius 1 is 1.33 bits per heavy atom. The molecule has 1 amide bonds. The van der Waals surface area contributed by atoms with Crippen LogP contribution in [0.5, 0.6) is 0 Å². The van der Waals surface area contributed by atoms with Crippen molar-refractivity contribution in [3.05, 3.63) is 0 Å². The smallest absolute Gasteiger partial charge is 0.305 e. The second-order valence-corrected chi connectivity index (χ2v) is 5.91. The number of amides is 1. The lowest BCUT2D eigenvalue weighted by molar-refractivity contribution is -0.141. The molecule has 3 aliphatic rings. The van der Waals surface area contributed by atoms with E-state index in [0.717, 1.165) is 38.5 Å². The number of carboxylic acids is 1. The summed E-state index contributed by atoms with van der Waals surface area (Å²) in [5, 5.41) is 11.9. The summed E-state index contributed by atoms with van der Waals surface area (Å²) < 4.78 is 5.68. The molecule has 3 unspecified atom stereocenters. The van der Waals surface area contributed by atoms with Crippen LogP contribution >= 0.6 is 0 Å². The summed E-state index contributed by atoms with van der Waals surface area (Å²) in [5.41, 5.74) is -0.481. The SMILES string of the molecule is O=C(O)CC1(NC(=O)C2CC3CCC2O3)CCC1. The van der Waals surface area contributed by atoms with Crippen molar-refractivity contribution < 1.29 is 19.4 Å². The van der Waals surface area contributed by atoms with Gasteiger partial charge < -0.3 is 15.2 Å². The van der Waals surface area contributed by atoms with Crippen molar-refractivity contribution in [2.75, 3.05) is 0 Å². The fourth-order valence-electron chi connectivity index (χ4n) is 3.51. The third-order valence-electron chi connectivity index (χ3n) is 4.63. The van der Waals surface area contributed by atoms with Crippen molar-refractivity contribution in [1.29, 1.82) is 0 Å². The van der Waals surface area contributed by atoms with E-state index in [1.807, 2.05) is 0 Å². The molecule has 3 fully saturated rings. The van der Waals surface area contributed by atoms with E-state index in [4.69, 9.17) is 9.84 Å². The quantitative estimate of drug-likeness (QED) is 0.785. The first kappa shape index (κ1) is 12.0. The van der Waals surface area contributed by atoms with Crippen LogP contribution in [0.2, 0.25) is 0 Å². The lowest BCUT2D eigenvalue weighted by Crippen LogP contribution is -2.56. The Morgan fingerprint density at radius 3 is 2.56 bits per heavy atom. The summed E-state index contributed by atoms with van der Waals surface area (Å²) in [6.07, 6.45) is 5.77. The van der Waals surface area contributed by atoms with Crippen molar-refractivity contribution >= 4 is 11.9 Å². The van der Waals surface area contributed by atoms with Gasteiger partial charge in [-0.3, -0.25) is 9.59 Å². The Kier molecular flexibility index (Phi) is 2.81. The molecule has 2 heterocycles. The molecular formula is C13H19NO4. The Hall–Kier alpha value is -1.10. The molecule has 3 atom stereocenters. The Morgan fingerprint density at radius 2 is 2.11 bits per heavy atom. The van der Waals surface area contributed by atoms with E-state index in [2.05, 4.69) is 5.32 Å². The molecule has 2 bridgehead atoms. The molecule has 5 nitrogen and oxygen atoms in total. The average Bonchev–Trinajstić information content (AvgIpc) is 2.86. The first-order valence-corrected chi connectivity index (χ1v) is 6.77. The number of hydrogen-bond donors (Lipinski definition) is 2. The van der Waals surface area contributed by atoms with Gasteiger partial charge in [0.25, 0.3) is 0 Å². The van der Waals surface area contributed by atoms with Crippen molar-refractivity contribution in [2.24, 2.45) is 5.92 Å². The normalized spacial score (nSPS) is 36.1. The molecule has 3 rings (SSSR count). The van der Waals surface area contributed by atoms with Crippen molar-refractivity contribution in [3.63, 3.8) is 0 Å². The largest absolute Gasteiger partial charge is 0.481 e. The fourth-order valence-corrected chi connectivity index (χ4v) is 3.51. The van der Waals surface area contributed by atoms with Gasteiger partial charge in [-0.1, -0.05) is 0 Å². The number of carboxylic acid groups (broad SMARTS) is 1. The van der Waals surface area contributed by atoms with E-state index >= 15 is 0 Å². The maximum absolute atomic E-state index is 12.2. The topological polar surface area (TPSA) is 75.6 Å². The molecule has 1 saturated carbocycles. The van der Waals surface area contributed by atoms with Gasteiger partial charge in [0.2, 0.25) is 5.91 Å². The zero-order valence-corrected chi connectivity index (χ0v) is 10.4. The predicted octanol–water partition coefficient (Wildman–Crippen LogP) is 1.07. The second kappa shape index (κ2) is 4.23. The van der Waals surface area contributed by atoms with E-state index in [0.29, 0.717) is 0 Å². The molecule has 0 aromatic heterocycles. The fraction of sp³-hybridized carbons (Fsp3) is 0.846. The van der Waals surface area contributed by atoms with Crippen LogP contribution in [0.4, 0.5) is 0 Å². The molecular weight excluding hydrogens is 234 g/mol. The Balaban J connectivity index is 1.61. The zero-order valence-electron chi connectivity index (χ0n) is 10.4. The van der Waals surface area contributed by atoms with Gasteiger partial charge in [-0.15, -0.1) is 0 Å². The third kappa shape index (κ3) is 2.00. The second-order valence-electron chi connectivity index (χ2n) is 5.91. The van der Waals surface area contributed by atoms with Gasteiger partial charge in [-0.25, -0.2) is 0 Å². The van der Waals surface area contributed by atoms with E-state index in [1.54, 1.807) is 0 Å². The van der Waals surface area contributed by atoms with Gasteiger partial charge in [0.1, 0.15) is 0 Å². The number of fused-ring (bicyclic) bond motifs is 2. The monoisotopic (exact) mass is 253 g/mol. The molecule has 2 N–H and O–H groups in total. The van der Waals surface area contributed by atoms with Crippen LogP contribution in [0, 0.1) is 5.92 Å². The van der Waals surface area contributed by atoms with E-state index < -0.39 is 11.5 Å². The first-order chi connectivity index (χ1) is 8.58. The van der Waals surface area contributed by atoms with Gasteiger partial charge in [0.15, 0.2) is 0 Å². The van der Waals surface area contributed by atoms with Gasteiger partial charge in [-0.05, 0) is 38.5 Å². The summed E-state index contributed by atoms with van der Waals surface area (Å²) in [4.78, 5) is 23.1. The molecule has 0 aromatic carbocycles. The predicted molar refractivity (Wildman–Crippen MR) is 63.0 cm³/mol. The first-order valence-electron chi connectivity index (χ1n) is 6.77. The lowest BCUT2D eigenvalue weighted by Gasteiger charge is -2.42. The maximum Gasteiger partial charge on any atom is 0.305 e. The van der Waals surface area contributed by atoms with E-state index in [9.17, 15) is 9.59 Å². The number of rotatable bonds is 4. The highest BCUT2D eigenvalue weighted by atomic mass is 16.5. The zero-order chi connectivity index (χ0) is 12.8. The molecule has 1 aliphatic carbocycles. The van der Waals surface area contributed by atoms with Gasteiger partial charge in [-0.2, -0.15) is 0 Å². The van der Waals surface area contributed by atoms with Crippen molar-refractivity contribution in [2.45, 2.75) is 62.7 Å². The minimum Gasteiger partial charge on any atom is -0.481 e. The van der Waals surface area contributed by atoms with E-state index in [1.165, 1.54) is 0 Å². The van der Waals surface area contributed by atoms with Crippen LogP contribution in [0.3, 0.4) is 0 Å². The Bertz CT molecular complexity index is 377. The summed E-state index contributed by atoms with van der Waals surface area (Å²) in [5.74, 6) is -0.891. The van der Waals surface area contributed by atoms with Gasteiger partial charge in [0, 0.05) is 0 Å². The standard InChI is InChI=1S/C13H19NO4/c15-11(16)7-13(4-1-5-13)14-12(17)9-6-8-2-3-10(9)18-8/h8-10H,1-7H2,(H,14,17)(H,15,16). The third-order valence-corrected chi connectivity index (χ3v) is 4.63. The van der Waals surface area contributed by atoms with Crippen molar-refractivity contribution in [1.82, 2.24) is 5.32 Å². The summed E-state index contributed by atoms with van der Waals surface area (Å²) >= 11 is 0. The number of carbonyl (C=O) groups excluding carboxylic acids is 1. The van der Waals surface area contributed by atoms with Crippen molar-refractivity contribution in [3.8, 4) is 0 Å². The van der Waals surface area contributed by atoms with Crippen LogP contribution in [-0.2, 0) is 14.3 Å². The number of ether oxygens (including phenoxy) is 1. The maximum atomic E-state index is 12.2. The molecule has 0 aromatic rings. The van der Waals surface area contributed by atoms with Crippen LogP contribution in [0.1, 0.15) is 44.9 Å². The van der Waals surface area contributed by atoms with E-state index in [-0.39, 0.29) is 30.5 Å². The van der Waals surface area contributed by atoms with Gasteiger partial charge >= 0.3 is 5.97 Å². The van der Waals surface area contributed by atoms with Crippen LogP contribution in [0.15, 0.2) is 0 Å². The molecule has 2 saturated heterocycles. The molecule has 18 heavy (non-hydrogen) atoms.